The van der Waals surface area contributed by atoms with Crippen molar-refractivity contribution in [3.8, 4) is 5.75 Å². The number of aryl methyl sites for hydroxylation is 1. The highest BCUT2D eigenvalue weighted by molar-refractivity contribution is 6.06. The lowest BCUT2D eigenvalue weighted by Crippen LogP contribution is -2.13. The largest absolute Gasteiger partial charge is 0.505 e. The van der Waals surface area contributed by atoms with E-state index < -0.39 is 11.7 Å². The molecule has 0 aliphatic heterocycles. The van der Waals surface area contributed by atoms with Gasteiger partial charge in [0.1, 0.15) is 11.6 Å². The molecule has 0 atom stereocenters. The number of nitrogens with zero attached hydrogens (tertiary/aromatic N) is 1. The standard InChI is InChI=1S/C13H11FN2O2/c1-8-2-3-11(10(14)6-8)16-13(18)9-4-5-15-7-12(9)17/h2-7,17H,1H3,(H,16,18). The number of hydrogen-bond acceptors (Lipinski definition) is 3. The van der Waals surface area contributed by atoms with Gasteiger partial charge in [-0.3, -0.25) is 9.78 Å². The Kier molecular flexibility index (Phi) is 3.23. The van der Waals surface area contributed by atoms with E-state index in [1.165, 1.54) is 24.4 Å². The molecule has 5 heteroatoms. The Bertz CT molecular complexity index is 599. The van der Waals surface area contributed by atoms with Gasteiger partial charge in [0.05, 0.1) is 17.4 Å². The lowest BCUT2D eigenvalue weighted by molar-refractivity contribution is 0.102. The molecule has 0 saturated carbocycles. The summed E-state index contributed by atoms with van der Waals surface area (Å²) in [5.74, 6) is -1.35. The smallest absolute Gasteiger partial charge is 0.259 e. The number of halogens is 1. The summed E-state index contributed by atoms with van der Waals surface area (Å²) in [5.41, 5.74) is 0.879. The first kappa shape index (κ1) is 12.0. The van der Waals surface area contributed by atoms with Crippen LogP contribution in [0.5, 0.6) is 5.75 Å². The average molecular weight is 246 g/mol. The predicted octanol–water partition coefficient (Wildman–Crippen LogP) is 2.49. The maximum absolute atomic E-state index is 13.5. The van der Waals surface area contributed by atoms with E-state index in [-0.39, 0.29) is 17.0 Å². The number of aromatic hydroxyl groups is 1. The van der Waals surface area contributed by atoms with E-state index in [9.17, 15) is 14.3 Å². The van der Waals surface area contributed by atoms with Crippen LogP contribution < -0.4 is 5.32 Å². The van der Waals surface area contributed by atoms with Gasteiger partial charge in [-0.25, -0.2) is 4.39 Å². The molecule has 0 fully saturated rings. The molecule has 1 heterocycles. The number of carbonyl (C=O) groups is 1. The number of pyridine rings is 1. The molecule has 0 bridgehead atoms. The van der Waals surface area contributed by atoms with Crippen molar-refractivity contribution in [1.29, 1.82) is 0 Å². The average Bonchev–Trinajstić information content (AvgIpc) is 2.33. The fraction of sp³-hybridized carbons (Fsp3) is 0.0769. The number of aromatic nitrogens is 1. The van der Waals surface area contributed by atoms with E-state index in [1.807, 2.05) is 0 Å². The van der Waals surface area contributed by atoms with E-state index in [0.717, 1.165) is 11.8 Å². The number of rotatable bonds is 2. The number of benzene rings is 1. The Labute approximate surface area is 103 Å². The molecule has 2 N–H and O–H groups in total. The molecule has 0 unspecified atom stereocenters. The van der Waals surface area contributed by atoms with Crippen molar-refractivity contribution >= 4 is 11.6 Å². The second-order valence-corrected chi connectivity index (χ2v) is 3.83. The number of anilines is 1. The summed E-state index contributed by atoms with van der Waals surface area (Å²) in [6, 6.07) is 5.84. The summed E-state index contributed by atoms with van der Waals surface area (Å²) in [6.07, 6.45) is 2.53. The van der Waals surface area contributed by atoms with Crippen LogP contribution in [0, 0.1) is 12.7 Å². The predicted molar refractivity (Wildman–Crippen MR) is 65.0 cm³/mol. The number of amides is 1. The molecule has 0 spiro atoms. The van der Waals surface area contributed by atoms with Gasteiger partial charge in [-0.2, -0.15) is 0 Å². The molecule has 0 aliphatic carbocycles. The minimum atomic E-state index is -0.586. The van der Waals surface area contributed by atoms with Gasteiger partial charge in [0.2, 0.25) is 0 Å². The highest BCUT2D eigenvalue weighted by Crippen LogP contribution is 2.19. The highest BCUT2D eigenvalue weighted by Gasteiger charge is 2.12. The summed E-state index contributed by atoms with van der Waals surface area (Å²) in [6.45, 7) is 1.75. The van der Waals surface area contributed by atoms with Crippen LogP contribution >= 0.6 is 0 Å². The second-order valence-electron chi connectivity index (χ2n) is 3.83. The van der Waals surface area contributed by atoms with Crippen LogP contribution in [0.4, 0.5) is 10.1 Å². The highest BCUT2D eigenvalue weighted by atomic mass is 19.1. The first-order chi connectivity index (χ1) is 8.58. The Hall–Kier alpha value is -2.43. The topological polar surface area (TPSA) is 62.2 Å². The molecule has 2 aromatic rings. The minimum Gasteiger partial charge on any atom is -0.505 e. The fourth-order valence-electron chi connectivity index (χ4n) is 1.49. The molecule has 0 radical (unpaired) electrons. The Morgan fingerprint density at radius 1 is 1.39 bits per heavy atom. The number of nitrogens with one attached hydrogen (secondary N) is 1. The van der Waals surface area contributed by atoms with Gasteiger partial charge in [-0.1, -0.05) is 6.07 Å². The molecule has 1 aromatic carbocycles. The van der Waals surface area contributed by atoms with Crippen molar-refractivity contribution in [2.24, 2.45) is 0 Å². The summed E-state index contributed by atoms with van der Waals surface area (Å²) >= 11 is 0. The molecular formula is C13H11FN2O2. The number of hydrogen-bond donors (Lipinski definition) is 2. The van der Waals surface area contributed by atoms with Crippen LogP contribution in [0.25, 0.3) is 0 Å². The van der Waals surface area contributed by atoms with E-state index in [1.54, 1.807) is 13.0 Å². The molecule has 2 rings (SSSR count). The van der Waals surface area contributed by atoms with Crippen molar-refractivity contribution in [2.75, 3.05) is 5.32 Å². The minimum absolute atomic E-state index is 0.0463. The molecule has 0 aliphatic rings. The zero-order valence-corrected chi connectivity index (χ0v) is 9.64. The maximum Gasteiger partial charge on any atom is 0.259 e. The van der Waals surface area contributed by atoms with Crippen LogP contribution in [0.1, 0.15) is 15.9 Å². The Morgan fingerprint density at radius 2 is 2.17 bits per heavy atom. The van der Waals surface area contributed by atoms with Gasteiger partial charge in [0, 0.05) is 6.20 Å². The Morgan fingerprint density at radius 3 is 2.83 bits per heavy atom. The third-order valence-corrected chi connectivity index (χ3v) is 2.42. The second kappa shape index (κ2) is 4.83. The van der Waals surface area contributed by atoms with Crippen molar-refractivity contribution in [3.05, 3.63) is 53.6 Å². The van der Waals surface area contributed by atoms with Crippen LogP contribution in [-0.2, 0) is 0 Å². The first-order valence-corrected chi connectivity index (χ1v) is 5.28. The normalized spacial score (nSPS) is 10.1. The van der Waals surface area contributed by atoms with Gasteiger partial charge >= 0.3 is 0 Å². The van der Waals surface area contributed by atoms with Gasteiger partial charge in [0.25, 0.3) is 5.91 Å². The van der Waals surface area contributed by atoms with E-state index in [4.69, 9.17) is 0 Å². The maximum atomic E-state index is 13.5. The van der Waals surface area contributed by atoms with Gasteiger partial charge < -0.3 is 10.4 Å². The fourth-order valence-corrected chi connectivity index (χ4v) is 1.49. The molecule has 4 nitrogen and oxygen atoms in total. The van der Waals surface area contributed by atoms with E-state index >= 15 is 0 Å². The van der Waals surface area contributed by atoms with Crippen molar-refractivity contribution in [1.82, 2.24) is 4.98 Å². The summed E-state index contributed by atoms with van der Waals surface area (Å²) < 4.78 is 13.5. The zero-order valence-electron chi connectivity index (χ0n) is 9.64. The van der Waals surface area contributed by atoms with Crippen molar-refractivity contribution in [2.45, 2.75) is 6.92 Å². The van der Waals surface area contributed by atoms with Gasteiger partial charge in [0.15, 0.2) is 0 Å². The first-order valence-electron chi connectivity index (χ1n) is 5.28. The van der Waals surface area contributed by atoms with Crippen LogP contribution in [0.3, 0.4) is 0 Å². The molecule has 1 amide bonds. The molecule has 92 valence electrons. The molecular weight excluding hydrogens is 235 g/mol. The van der Waals surface area contributed by atoms with Crippen LogP contribution in [0.2, 0.25) is 0 Å². The lowest BCUT2D eigenvalue weighted by Gasteiger charge is -2.07. The van der Waals surface area contributed by atoms with Crippen LogP contribution in [0.15, 0.2) is 36.7 Å². The Balaban J connectivity index is 2.24. The quantitative estimate of drug-likeness (QED) is 0.855. The summed E-state index contributed by atoms with van der Waals surface area (Å²) in [4.78, 5) is 15.5. The summed E-state index contributed by atoms with van der Waals surface area (Å²) in [5, 5.41) is 11.8. The molecule has 18 heavy (non-hydrogen) atoms. The third-order valence-electron chi connectivity index (χ3n) is 2.42. The van der Waals surface area contributed by atoms with Crippen molar-refractivity contribution < 1.29 is 14.3 Å². The van der Waals surface area contributed by atoms with Crippen LogP contribution in [-0.4, -0.2) is 16.0 Å². The van der Waals surface area contributed by atoms with Gasteiger partial charge in [-0.05, 0) is 30.7 Å². The van der Waals surface area contributed by atoms with E-state index in [2.05, 4.69) is 10.3 Å². The lowest BCUT2D eigenvalue weighted by atomic mass is 10.2. The third kappa shape index (κ3) is 2.45. The monoisotopic (exact) mass is 246 g/mol. The van der Waals surface area contributed by atoms with E-state index in [0.29, 0.717) is 0 Å². The number of carbonyl (C=O) groups excluding carboxylic acids is 1. The van der Waals surface area contributed by atoms with Crippen molar-refractivity contribution in [3.63, 3.8) is 0 Å². The zero-order chi connectivity index (χ0) is 13.1. The molecule has 1 aromatic heterocycles. The van der Waals surface area contributed by atoms with Gasteiger partial charge in [-0.15, -0.1) is 0 Å². The molecule has 0 saturated heterocycles. The SMILES string of the molecule is Cc1ccc(NC(=O)c2ccncc2O)c(F)c1. The summed E-state index contributed by atoms with van der Waals surface area (Å²) in [7, 11) is 0.